The summed E-state index contributed by atoms with van der Waals surface area (Å²) < 4.78 is 41.9. The molecule has 1 amide bonds. The number of halogens is 2. The second-order valence-corrected chi connectivity index (χ2v) is 11.8. The molecule has 4 rings (SSSR count). The molecular formula is C27H22BrClN2O5S2. The molecular weight excluding hydrogens is 612 g/mol. The Morgan fingerprint density at radius 1 is 1.11 bits per heavy atom. The number of methoxy groups -OCH3 is 1. The number of amidine groups is 1. The van der Waals surface area contributed by atoms with E-state index in [1.165, 1.54) is 30.2 Å². The van der Waals surface area contributed by atoms with E-state index < -0.39 is 10.0 Å². The molecule has 0 atom stereocenters. The maximum atomic E-state index is 13.1. The maximum absolute atomic E-state index is 13.1. The number of carbonyl (C=O) groups is 1. The van der Waals surface area contributed by atoms with Gasteiger partial charge in [-0.1, -0.05) is 57.9 Å². The zero-order chi connectivity index (χ0) is 27.3. The van der Waals surface area contributed by atoms with Gasteiger partial charge >= 0.3 is 0 Å². The Morgan fingerprint density at radius 3 is 2.53 bits per heavy atom. The topological polar surface area (TPSA) is 85.3 Å². The van der Waals surface area contributed by atoms with Gasteiger partial charge in [0, 0.05) is 21.6 Å². The fraction of sp³-hybridized carbons (Fsp3) is 0.111. The van der Waals surface area contributed by atoms with Crippen LogP contribution in [0.25, 0.3) is 6.08 Å². The van der Waals surface area contributed by atoms with Crippen LogP contribution in [-0.2, 0) is 21.4 Å². The molecule has 38 heavy (non-hydrogen) atoms. The third-order valence-electron chi connectivity index (χ3n) is 5.34. The van der Waals surface area contributed by atoms with Crippen LogP contribution in [0.1, 0.15) is 11.1 Å². The minimum absolute atomic E-state index is 0.0225. The number of carbonyl (C=O) groups excluding carboxylic acids is 1. The van der Waals surface area contributed by atoms with Gasteiger partial charge in [-0.05, 0) is 65.9 Å². The molecule has 1 fully saturated rings. The quantitative estimate of drug-likeness (QED) is 0.197. The summed E-state index contributed by atoms with van der Waals surface area (Å²) in [6, 6.07) is 18.8. The van der Waals surface area contributed by atoms with Crippen molar-refractivity contribution in [1.82, 2.24) is 4.90 Å². The molecule has 0 unspecified atom stereocenters. The highest BCUT2D eigenvalue weighted by atomic mass is 79.9. The number of hydrogen-bond acceptors (Lipinski definition) is 6. The molecule has 0 N–H and O–H groups in total. The van der Waals surface area contributed by atoms with Gasteiger partial charge in [0.25, 0.3) is 15.9 Å². The summed E-state index contributed by atoms with van der Waals surface area (Å²) in [5.41, 5.74) is 1.50. The van der Waals surface area contributed by atoms with E-state index in [1.807, 2.05) is 18.2 Å². The van der Waals surface area contributed by atoms with Crippen molar-refractivity contribution in [3.05, 3.63) is 105 Å². The maximum Gasteiger partial charge on any atom is 0.284 e. The fourth-order valence-corrected chi connectivity index (χ4v) is 6.09. The zero-order valence-electron chi connectivity index (χ0n) is 20.1. The van der Waals surface area contributed by atoms with Crippen LogP contribution in [-0.4, -0.2) is 38.0 Å². The molecule has 0 aromatic heterocycles. The first-order valence-electron chi connectivity index (χ1n) is 11.2. The monoisotopic (exact) mass is 632 g/mol. The molecule has 1 aliphatic heterocycles. The van der Waals surface area contributed by atoms with Crippen molar-refractivity contribution in [2.24, 2.45) is 4.40 Å². The standard InChI is InChI=1S/C27H22BrClN2O5S2/c1-3-14-31-26(32)25(37-27(31)30-38(33,34)21-11-9-20(28)10-12-21)16-18-8-13-23(24(15-18)35-2)36-17-19-6-4-5-7-22(19)29/h3-13,15-16H,1,14,17H2,2H3. The third-order valence-corrected chi connectivity index (χ3v) is 8.64. The first-order valence-corrected chi connectivity index (χ1v) is 14.6. The number of benzene rings is 3. The second kappa shape index (κ2) is 12.2. The van der Waals surface area contributed by atoms with Gasteiger partial charge in [-0.3, -0.25) is 9.69 Å². The summed E-state index contributed by atoms with van der Waals surface area (Å²) in [7, 11) is -2.51. The first-order chi connectivity index (χ1) is 18.2. The molecule has 0 aliphatic carbocycles. The van der Waals surface area contributed by atoms with Gasteiger partial charge in [0.1, 0.15) is 6.61 Å². The number of rotatable bonds is 9. The number of nitrogens with zero attached hydrogens (tertiary/aromatic N) is 2. The smallest absolute Gasteiger partial charge is 0.284 e. The molecule has 11 heteroatoms. The van der Waals surface area contributed by atoms with Crippen molar-refractivity contribution in [2.75, 3.05) is 13.7 Å². The summed E-state index contributed by atoms with van der Waals surface area (Å²) in [6.07, 6.45) is 3.16. The Bertz CT molecular complexity index is 1540. The highest BCUT2D eigenvalue weighted by Crippen LogP contribution is 2.36. The lowest BCUT2D eigenvalue weighted by atomic mass is 10.1. The van der Waals surface area contributed by atoms with Gasteiger partial charge < -0.3 is 9.47 Å². The minimum atomic E-state index is -4.04. The second-order valence-electron chi connectivity index (χ2n) is 7.91. The average molecular weight is 634 g/mol. The summed E-state index contributed by atoms with van der Waals surface area (Å²) in [6.45, 7) is 4.04. The van der Waals surface area contributed by atoms with Crippen LogP contribution in [0, 0.1) is 0 Å². The van der Waals surface area contributed by atoms with E-state index in [2.05, 4.69) is 26.9 Å². The first kappa shape index (κ1) is 28.0. The van der Waals surface area contributed by atoms with Crippen LogP contribution in [0.15, 0.2) is 98.1 Å². The van der Waals surface area contributed by atoms with Gasteiger partial charge in [-0.15, -0.1) is 11.0 Å². The molecule has 0 saturated carbocycles. The van der Waals surface area contributed by atoms with Crippen molar-refractivity contribution < 1.29 is 22.7 Å². The predicted molar refractivity (Wildman–Crippen MR) is 155 cm³/mol. The van der Waals surface area contributed by atoms with Crippen LogP contribution in [0.5, 0.6) is 11.5 Å². The molecule has 0 bridgehead atoms. The van der Waals surface area contributed by atoms with E-state index in [9.17, 15) is 13.2 Å². The normalized spacial score (nSPS) is 15.8. The molecule has 1 heterocycles. The van der Waals surface area contributed by atoms with E-state index in [0.29, 0.717) is 27.0 Å². The lowest BCUT2D eigenvalue weighted by Gasteiger charge is -2.13. The molecule has 7 nitrogen and oxygen atoms in total. The average Bonchev–Trinajstić information content (AvgIpc) is 3.17. The van der Waals surface area contributed by atoms with Gasteiger partial charge in [-0.2, -0.15) is 8.42 Å². The largest absolute Gasteiger partial charge is 0.493 e. The van der Waals surface area contributed by atoms with Crippen LogP contribution in [0.3, 0.4) is 0 Å². The van der Waals surface area contributed by atoms with Crippen LogP contribution in [0.2, 0.25) is 5.02 Å². The minimum Gasteiger partial charge on any atom is -0.493 e. The predicted octanol–water partition coefficient (Wildman–Crippen LogP) is 6.54. The molecule has 1 aliphatic rings. The molecule has 1 saturated heterocycles. The molecule has 3 aromatic rings. The van der Waals surface area contributed by atoms with E-state index in [-0.39, 0.29) is 29.1 Å². The van der Waals surface area contributed by atoms with Crippen molar-refractivity contribution in [1.29, 1.82) is 0 Å². The summed E-state index contributed by atoms with van der Waals surface area (Å²) in [4.78, 5) is 14.7. The van der Waals surface area contributed by atoms with Crippen LogP contribution < -0.4 is 9.47 Å². The molecule has 0 radical (unpaired) electrons. The van der Waals surface area contributed by atoms with E-state index in [1.54, 1.807) is 42.5 Å². The Morgan fingerprint density at radius 2 is 1.84 bits per heavy atom. The number of amides is 1. The van der Waals surface area contributed by atoms with Crippen LogP contribution in [0.4, 0.5) is 0 Å². The van der Waals surface area contributed by atoms with Crippen molar-refractivity contribution >= 4 is 66.5 Å². The van der Waals surface area contributed by atoms with Crippen LogP contribution >= 0.6 is 39.3 Å². The number of ether oxygens (including phenoxy) is 2. The SMILES string of the molecule is C=CCN1C(=O)C(=Cc2ccc(OCc3ccccc3Cl)c(OC)c2)SC1=NS(=O)(=O)c1ccc(Br)cc1. The Labute approximate surface area is 239 Å². The molecule has 0 spiro atoms. The van der Waals surface area contributed by atoms with E-state index >= 15 is 0 Å². The third kappa shape index (κ3) is 6.50. The number of sulfonamides is 1. The van der Waals surface area contributed by atoms with Gasteiger partial charge in [-0.25, -0.2) is 0 Å². The molecule has 196 valence electrons. The van der Waals surface area contributed by atoms with Gasteiger partial charge in [0.15, 0.2) is 16.7 Å². The van der Waals surface area contributed by atoms with Gasteiger partial charge in [0.05, 0.1) is 16.9 Å². The van der Waals surface area contributed by atoms with Crippen molar-refractivity contribution in [3.8, 4) is 11.5 Å². The Balaban J connectivity index is 1.59. The Kier molecular flexibility index (Phi) is 8.99. The lowest BCUT2D eigenvalue weighted by Crippen LogP contribution is -2.29. The molecule has 3 aromatic carbocycles. The van der Waals surface area contributed by atoms with E-state index in [4.69, 9.17) is 21.1 Å². The van der Waals surface area contributed by atoms with Gasteiger partial charge in [0.2, 0.25) is 0 Å². The highest BCUT2D eigenvalue weighted by molar-refractivity contribution is 9.10. The van der Waals surface area contributed by atoms with Crippen molar-refractivity contribution in [3.63, 3.8) is 0 Å². The summed E-state index contributed by atoms with van der Waals surface area (Å²) in [5, 5.41) is 0.656. The lowest BCUT2D eigenvalue weighted by molar-refractivity contribution is -0.121. The number of thioether (sulfide) groups is 1. The van der Waals surface area contributed by atoms with E-state index in [0.717, 1.165) is 21.8 Å². The summed E-state index contributed by atoms with van der Waals surface area (Å²) >= 11 is 10.5. The zero-order valence-corrected chi connectivity index (χ0v) is 24.1. The Hall–Kier alpha value is -3.05. The van der Waals surface area contributed by atoms with Crippen molar-refractivity contribution in [2.45, 2.75) is 11.5 Å². The fourth-order valence-electron chi connectivity index (χ4n) is 3.44. The highest BCUT2D eigenvalue weighted by Gasteiger charge is 2.34. The summed E-state index contributed by atoms with van der Waals surface area (Å²) in [5.74, 6) is 0.602. The number of hydrogen-bond donors (Lipinski definition) is 0.